The first-order valence-corrected chi connectivity index (χ1v) is 14.1. The van der Waals surface area contributed by atoms with Crippen molar-refractivity contribution in [2.24, 2.45) is 0 Å². The molecule has 2 heterocycles. The summed E-state index contributed by atoms with van der Waals surface area (Å²) in [4.78, 5) is 28.2. The van der Waals surface area contributed by atoms with Gasteiger partial charge < -0.3 is 44.8 Å². The van der Waals surface area contributed by atoms with Crippen molar-refractivity contribution in [2.75, 3.05) is 26.3 Å². The Morgan fingerprint density at radius 1 is 1.14 bits per heavy atom. The van der Waals surface area contributed by atoms with E-state index in [1.54, 1.807) is 6.92 Å². The summed E-state index contributed by atoms with van der Waals surface area (Å²) in [6.45, 7) is 4.90. The number of ether oxygens (including phenoxy) is 3. The van der Waals surface area contributed by atoms with Gasteiger partial charge in [-0.15, -0.1) is 0 Å². The Morgan fingerprint density at radius 2 is 1.86 bits per heavy atom. The van der Waals surface area contributed by atoms with Gasteiger partial charge in [0.05, 0.1) is 42.7 Å². The van der Waals surface area contributed by atoms with Gasteiger partial charge in [0.25, 0.3) is 0 Å². The lowest BCUT2D eigenvalue weighted by Crippen LogP contribution is -2.59. The highest BCUT2D eigenvalue weighted by Gasteiger charge is 2.55. The summed E-state index contributed by atoms with van der Waals surface area (Å²) in [5, 5.41) is 67.9. The van der Waals surface area contributed by atoms with Crippen LogP contribution in [-0.2, 0) is 31.2 Å². The standard InChI is InChI=1S/C30H35NO11/c1-14-25(34)20(31-6-8-40-9-7-31)11-22(41-14)42-30(39)13-29(38,15(2)32)12-19-24(30)28(37)18-10-17-16(4-3-5-21(17)33)26(35)23(18)27(19)36/h3-5,10,14,20-22,25,33-34,36-39H,6-9,11-13H2,1-2H3/t14-,20-,21?,22-,25+,29-,30-/m0/s1. The van der Waals surface area contributed by atoms with E-state index in [2.05, 4.69) is 0 Å². The van der Waals surface area contributed by atoms with Gasteiger partial charge in [0.1, 0.15) is 17.1 Å². The van der Waals surface area contributed by atoms with Crippen LogP contribution in [-0.4, -0.2) is 110 Å². The maximum atomic E-state index is 13.5. The average Bonchev–Trinajstić information content (AvgIpc) is 2.94. The molecule has 1 aromatic rings. The number of rotatable bonds is 4. The van der Waals surface area contributed by atoms with Gasteiger partial charge in [-0.05, 0) is 25.5 Å². The predicted molar refractivity (Wildman–Crippen MR) is 145 cm³/mol. The zero-order valence-corrected chi connectivity index (χ0v) is 23.3. The molecule has 7 atom stereocenters. The molecule has 1 aromatic carbocycles. The van der Waals surface area contributed by atoms with E-state index in [9.17, 15) is 40.2 Å². The number of benzene rings is 1. The molecular formula is C30H35NO11. The van der Waals surface area contributed by atoms with Gasteiger partial charge in [-0.1, -0.05) is 18.2 Å². The summed E-state index contributed by atoms with van der Waals surface area (Å²) in [5.74, 6) is -5.17. The van der Waals surface area contributed by atoms with Crippen LogP contribution >= 0.6 is 0 Å². The first-order chi connectivity index (χ1) is 19.8. The van der Waals surface area contributed by atoms with Crippen LogP contribution in [0.2, 0.25) is 0 Å². The number of aliphatic hydroxyl groups excluding tert-OH is 2. The Labute approximate surface area is 241 Å². The number of aliphatic hydroxyl groups is 4. The molecule has 2 aliphatic heterocycles. The third kappa shape index (κ3) is 4.54. The van der Waals surface area contributed by atoms with Crippen molar-refractivity contribution in [2.45, 2.75) is 75.1 Å². The van der Waals surface area contributed by atoms with E-state index < -0.39 is 77.9 Å². The molecule has 5 aliphatic rings. The van der Waals surface area contributed by atoms with Gasteiger partial charge in [0.15, 0.2) is 17.9 Å². The number of aromatic hydroxyl groups is 2. The van der Waals surface area contributed by atoms with Crippen molar-refractivity contribution in [3.8, 4) is 11.5 Å². The maximum absolute atomic E-state index is 13.5. The zero-order valence-electron chi connectivity index (χ0n) is 23.3. The number of allylic oxidation sites excluding steroid dienone is 2. The molecule has 3 aliphatic carbocycles. The van der Waals surface area contributed by atoms with E-state index in [-0.39, 0.29) is 39.8 Å². The molecule has 0 amide bonds. The summed E-state index contributed by atoms with van der Waals surface area (Å²) < 4.78 is 17.4. The molecule has 12 heteroatoms. The van der Waals surface area contributed by atoms with Crippen molar-refractivity contribution < 1.29 is 54.4 Å². The zero-order chi connectivity index (χ0) is 30.1. The molecular weight excluding hydrogens is 550 g/mol. The second-order valence-corrected chi connectivity index (χ2v) is 11.7. The molecule has 0 bridgehead atoms. The average molecular weight is 586 g/mol. The van der Waals surface area contributed by atoms with Gasteiger partial charge >= 0.3 is 0 Å². The molecule has 0 radical (unpaired) electrons. The summed E-state index contributed by atoms with van der Waals surface area (Å²) in [7, 11) is 0. The summed E-state index contributed by atoms with van der Waals surface area (Å²) in [6, 6.07) is -0.417. The minimum Gasteiger partial charge on any atom is -0.507 e. The van der Waals surface area contributed by atoms with E-state index in [0.717, 1.165) is 6.92 Å². The molecule has 2 saturated heterocycles. The van der Waals surface area contributed by atoms with E-state index in [4.69, 9.17) is 14.2 Å². The maximum Gasteiger partial charge on any atom is 0.202 e. The van der Waals surface area contributed by atoms with E-state index >= 15 is 0 Å². The monoisotopic (exact) mass is 585 g/mol. The fraction of sp³-hybridized carbons (Fsp3) is 0.533. The molecule has 6 N–H and O–H groups in total. The minimum absolute atomic E-state index is 0.106. The van der Waals surface area contributed by atoms with E-state index in [1.807, 2.05) is 4.90 Å². The number of ketones is 2. The quantitative estimate of drug-likeness (QED) is 0.208. The highest BCUT2D eigenvalue weighted by Crippen LogP contribution is 2.54. The van der Waals surface area contributed by atoms with Crippen LogP contribution in [0.3, 0.4) is 0 Å². The molecule has 6 rings (SSSR count). The van der Waals surface area contributed by atoms with Crippen molar-refractivity contribution in [3.63, 3.8) is 0 Å². The Hall–Kier alpha value is -2.94. The number of fused-ring (bicyclic) bond motifs is 3. The number of carbonyl (C=O) groups is 2. The number of phenols is 2. The number of hydrogen-bond donors (Lipinski definition) is 6. The number of hydrogen-bond acceptors (Lipinski definition) is 12. The van der Waals surface area contributed by atoms with Crippen molar-refractivity contribution >= 4 is 17.6 Å². The van der Waals surface area contributed by atoms with Gasteiger partial charge in [-0.3, -0.25) is 14.5 Å². The third-order valence-electron chi connectivity index (χ3n) is 9.11. The first-order valence-electron chi connectivity index (χ1n) is 14.1. The van der Waals surface area contributed by atoms with Gasteiger partial charge in [0, 0.05) is 55.1 Å². The molecule has 0 spiro atoms. The lowest BCUT2D eigenvalue weighted by Gasteiger charge is -2.48. The smallest absolute Gasteiger partial charge is 0.202 e. The van der Waals surface area contributed by atoms with Crippen molar-refractivity contribution in [1.82, 2.24) is 4.90 Å². The van der Waals surface area contributed by atoms with E-state index in [1.165, 1.54) is 24.3 Å². The van der Waals surface area contributed by atoms with Crippen LogP contribution in [0.15, 0.2) is 29.4 Å². The molecule has 226 valence electrons. The van der Waals surface area contributed by atoms with Crippen LogP contribution in [0.25, 0.3) is 6.08 Å². The van der Waals surface area contributed by atoms with Gasteiger partial charge in [-0.2, -0.15) is 0 Å². The van der Waals surface area contributed by atoms with Crippen molar-refractivity contribution in [3.05, 3.63) is 51.6 Å². The lowest BCUT2D eigenvalue weighted by molar-refractivity contribution is -0.344. The van der Waals surface area contributed by atoms with Gasteiger partial charge in [0.2, 0.25) is 5.79 Å². The van der Waals surface area contributed by atoms with Crippen LogP contribution in [0.5, 0.6) is 11.5 Å². The fourth-order valence-corrected chi connectivity index (χ4v) is 6.81. The largest absolute Gasteiger partial charge is 0.507 e. The SMILES string of the molecule is CC(=O)[C@]1(O)Cc2c(O)c3c(c(O)c2[C@@](O)(O[C@H]2C[C@H](N4CCOCC4)[C@H](O)[C@H](C)O2)C1)C=C1C(=CC=CC1O)C3=O. The normalized spacial score (nSPS) is 36.4. The number of carbonyl (C=O) groups excluding carboxylic acids is 2. The van der Waals surface area contributed by atoms with Crippen LogP contribution in [0, 0.1) is 0 Å². The Morgan fingerprint density at radius 3 is 2.55 bits per heavy atom. The Bertz CT molecular complexity index is 1430. The summed E-state index contributed by atoms with van der Waals surface area (Å²) >= 11 is 0. The third-order valence-corrected chi connectivity index (χ3v) is 9.11. The molecule has 0 saturated carbocycles. The molecule has 1 unspecified atom stereocenters. The number of morpholine rings is 1. The molecule has 12 nitrogen and oxygen atoms in total. The van der Waals surface area contributed by atoms with Crippen LogP contribution < -0.4 is 0 Å². The fourth-order valence-electron chi connectivity index (χ4n) is 6.81. The Kier molecular flexibility index (Phi) is 7.18. The van der Waals surface area contributed by atoms with Crippen molar-refractivity contribution in [1.29, 1.82) is 0 Å². The topological polar surface area (TPSA) is 186 Å². The lowest BCUT2D eigenvalue weighted by atomic mass is 9.71. The Balaban J connectivity index is 1.45. The second-order valence-electron chi connectivity index (χ2n) is 11.7. The summed E-state index contributed by atoms with van der Waals surface area (Å²) in [5.41, 5.74) is -2.84. The molecule has 2 fully saturated rings. The number of nitrogens with zero attached hydrogens (tertiary/aromatic N) is 1. The second kappa shape index (κ2) is 10.4. The van der Waals surface area contributed by atoms with Crippen LogP contribution in [0.4, 0.5) is 0 Å². The highest BCUT2D eigenvalue weighted by atomic mass is 16.7. The molecule has 0 aromatic heterocycles. The highest BCUT2D eigenvalue weighted by molar-refractivity contribution is 6.19. The number of phenolic OH excluding ortho intramolecular Hbond substituents is 2. The minimum atomic E-state index is -2.56. The first kappa shape index (κ1) is 29.1. The van der Waals surface area contributed by atoms with Crippen LogP contribution in [0.1, 0.15) is 53.7 Å². The predicted octanol–water partition coefficient (Wildman–Crippen LogP) is 0.159. The van der Waals surface area contributed by atoms with E-state index in [0.29, 0.717) is 26.3 Å². The molecule has 42 heavy (non-hydrogen) atoms. The summed E-state index contributed by atoms with van der Waals surface area (Å²) in [6.07, 6.45) is 0.827. The van der Waals surface area contributed by atoms with Gasteiger partial charge in [-0.25, -0.2) is 0 Å². The number of Topliss-reactive ketones (excluding diaryl/α,β-unsaturated/α-hetero) is 2.